The molecule has 1 N–H and O–H groups in total. The SMILES string of the molecule is COc1nc(N2CC(C)(O)C2)cc(-n2ncc3cc(C)c([C@@H]4CCN(C5COC5)C[C@@H]4F)cc32)n1. The molecule has 3 aliphatic heterocycles. The fourth-order valence-corrected chi connectivity index (χ4v) is 5.53. The summed E-state index contributed by atoms with van der Waals surface area (Å²) < 4.78 is 27.8. The molecule has 0 radical (unpaired) electrons. The van der Waals surface area contributed by atoms with Crippen LogP contribution in [0, 0.1) is 6.92 Å². The van der Waals surface area contributed by atoms with Gasteiger partial charge in [-0.3, -0.25) is 4.90 Å². The minimum Gasteiger partial charge on any atom is -0.467 e. The number of nitrogens with zero attached hydrogens (tertiary/aromatic N) is 6. The van der Waals surface area contributed by atoms with Crippen LogP contribution in [0.5, 0.6) is 6.01 Å². The molecule has 3 saturated heterocycles. The average molecular weight is 483 g/mol. The molecule has 0 unspecified atom stereocenters. The predicted molar refractivity (Wildman–Crippen MR) is 129 cm³/mol. The summed E-state index contributed by atoms with van der Waals surface area (Å²) in [7, 11) is 1.53. The molecule has 1 aromatic carbocycles. The van der Waals surface area contributed by atoms with Crippen LogP contribution in [0.3, 0.4) is 0 Å². The first-order valence-electron chi connectivity index (χ1n) is 12.2. The van der Waals surface area contributed by atoms with E-state index in [1.807, 2.05) is 17.9 Å². The van der Waals surface area contributed by atoms with Gasteiger partial charge in [0.25, 0.3) is 0 Å². The predicted octanol–water partition coefficient (Wildman–Crippen LogP) is 2.23. The second-order valence-electron chi connectivity index (χ2n) is 10.3. The summed E-state index contributed by atoms with van der Waals surface area (Å²) in [6, 6.07) is 6.59. The Kier molecular flexibility index (Phi) is 5.43. The summed E-state index contributed by atoms with van der Waals surface area (Å²) in [5.74, 6) is 1.09. The van der Waals surface area contributed by atoms with E-state index >= 15 is 4.39 Å². The van der Waals surface area contributed by atoms with E-state index < -0.39 is 11.8 Å². The molecule has 5 heterocycles. The number of anilines is 1. The molecule has 0 spiro atoms. The van der Waals surface area contributed by atoms with Gasteiger partial charge in [0.2, 0.25) is 0 Å². The zero-order valence-corrected chi connectivity index (χ0v) is 20.3. The van der Waals surface area contributed by atoms with Crippen molar-refractivity contribution < 1.29 is 19.0 Å². The van der Waals surface area contributed by atoms with E-state index in [1.165, 1.54) is 7.11 Å². The third kappa shape index (κ3) is 4.03. The lowest BCUT2D eigenvalue weighted by Crippen LogP contribution is -2.60. The summed E-state index contributed by atoms with van der Waals surface area (Å²) in [6.07, 6.45) is 1.65. The number of methoxy groups -OCH3 is 1. The molecular weight excluding hydrogens is 451 g/mol. The van der Waals surface area contributed by atoms with Gasteiger partial charge in [-0.25, -0.2) is 9.07 Å². The summed E-state index contributed by atoms with van der Waals surface area (Å²) in [5, 5.41) is 15.7. The van der Waals surface area contributed by atoms with E-state index in [-0.39, 0.29) is 11.9 Å². The van der Waals surface area contributed by atoms with Gasteiger partial charge in [0, 0.05) is 37.0 Å². The average Bonchev–Trinajstić information content (AvgIpc) is 3.18. The van der Waals surface area contributed by atoms with Crippen molar-refractivity contribution in [3.63, 3.8) is 0 Å². The molecule has 0 saturated carbocycles. The van der Waals surface area contributed by atoms with Gasteiger partial charge in [-0.2, -0.15) is 15.1 Å². The van der Waals surface area contributed by atoms with Gasteiger partial charge in [-0.15, -0.1) is 0 Å². The number of aliphatic hydroxyl groups is 1. The van der Waals surface area contributed by atoms with Crippen molar-refractivity contribution in [1.29, 1.82) is 0 Å². The number of hydrogen-bond donors (Lipinski definition) is 1. The molecule has 10 heteroatoms. The van der Waals surface area contributed by atoms with Gasteiger partial charge in [0.1, 0.15) is 12.0 Å². The molecule has 0 bridgehead atoms. The van der Waals surface area contributed by atoms with Gasteiger partial charge in [-0.1, -0.05) is 0 Å². The third-order valence-electron chi connectivity index (χ3n) is 7.53. The minimum atomic E-state index is -0.929. The van der Waals surface area contributed by atoms with Crippen LogP contribution in [0.15, 0.2) is 24.4 Å². The van der Waals surface area contributed by atoms with Gasteiger partial charge in [0.15, 0.2) is 5.82 Å². The summed E-state index contributed by atoms with van der Waals surface area (Å²) >= 11 is 0. The Morgan fingerprint density at radius 3 is 2.60 bits per heavy atom. The lowest BCUT2D eigenvalue weighted by molar-refractivity contribution is -0.0807. The lowest BCUT2D eigenvalue weighted by atomic mass is 9.84. The molecule has 3 aliphatic rings. The smallest absolute Gasteiger partial charge is 0.320 e. The number of piperidine rings is 1. The quantitative estimate of drug-likeness (QED) is 0.592. The molecule has 6 rings (SSSR count). The zero-order valence-electron chi connectivity index (χ0n) is 20.3. The maximum absolute atomic E-state index is 15.4. The highest BCUT2D eigenvalue weighted by atomic mass is 19.1. The van der Waals surface area contributed by atoms with Crippen LogP contribution >= 0.6 is 0 Å². The number of aromatic nitrogens is 4. The van der Waals surface area contributed by atoms with Crippen molar-refractivity contribution in [3.05, 3.63) is 35.5 Å². The van der Waals surface area contributed by atoms with Crippen LogP contribution in [0.2, 0.25) is 0 Å². The molecule has 2 aromatic heterocycles. The maximum atomic E-state index is 15.4. The van der Waals surface area contributed by atoms with E-state index in [0.717, 1.165) is 35.0 Å². The normalized spacial score (nSPS) is 24.9. The number of likely N-dealkylation sites (tertiary alicyclic amines) is 1. The van der Waals surface area contributed by atoms with E-state index in [0.29, 0.717) is 50.5 Å². The Morgan fingerprint density at radius 1 is 1.17 bits per heavy atom. The van der Waals surface area contributed by atoms with Crippen molar-refractivity contribution in [2.45, 2.75) is 44.0 Å². The van der Waals surface area contributed by atoms with Gasteiger partial charge in [0.05, 0.1) is 43.7 Å². The monoisotopic (exact) mass is 482 g/mol. The van der Waals surface area contributed by atoms with Crippen LogP contribution in [-0.4, -0.2) is 94.1 Å². The Labute approximate surface area is 203 Å². The molecule has 35 heavy (non-hydrogen) atoms. The number of benzene rings is 1. The fourth-order valence-electron chi connectivity index (χ4n) is 5.53. The largest absolute Gasteiger partial charge is 0.467 e. The van der Waals surface area contributed by atoms with E-state index in [9.17, 15) is 5.11 Å². The molecule has 9 nitrogen and oxygen atoms in total. The molecular formula is C25H31FN6O3. The number of alkyl halides is 1. The highest BCUT2D eigenvalue weighted by molar-refractivity contribution is 5.82. The number of halogens is 1. The number of aryl methyl sites for hydroxylation is 1. The first kappa shape index (κ1) is 22.6. The van der Waals surface area contributed by atoms with Crippen LogP contribution < -0.4 is 9.64 Å². The minimum absolute atomic E-state index is 0.154. The van der Waals surface area contributed by atoms with Crippen molar-refractivity contribution in [1.82, 2.24) is 24.6 Å². The van der Waals surface area contributed by atoms with Crippen LogP contribution in [0.4, 0.5) is 10.2 Å². The van der Waals surface area contributed by atoms with Gasteiger partial charge in [-0.05, 0) is 50.1 Å². The number of fused-ring (bicyclic) bond motifs is 1. The van der Waals surface area contributed by atoms with Gasteiger partial charge < -0.3 is 19.5 Å². The lowest BCUT2D eigenvalue weighted by Gasteiger charge is -2.44. The summed E-state index contributed by atoms with van der Waals surface area (Å²) in [4.78, 5) is 13.2. The molecule has 3 fully saturated rings. The number of β-amino-alcohol motifs (C(OH)–C–C–N with tert-alkyl or cyclic N) is 1. The first-order chi connectivity index (χ1) is 16.8. The summed E-state index contributed by atoms with van der Waals surface area (Å²) in [6.45, 7) is 7.56. The Hall–Kier alpha value is -2.82. The Morgan fingerprint density at radius 2 is 1.94 bits per heavy atom. The van der Waals surface area contributed by atoms with E-state index in [4.69, 9.17) is 9.47 Å². The second kappa shape index (κ2) is 8.39. The third-order valence-corrected chi connectivity index (χ3v) is 7.53. The number of hydrogen-bond acceptors (Lipinski definition) is 8. The van der Waals surface area contributed by atoms with Crippen molar-refractivity contribution in [2.24, 2.45) is 0 Å². The Balaban J connectivity index is 1.34. The van der Waals surface area contributed by atoms with E-state index in [1.54, 1.807) is 17.8 Å². The topological polar surface area (TPSA) is 88.8 Å². The molecule has 3 aromatic rings. The fraction of sp³-hybridized carbons (Fsp3) is 0.560. The van der Waals surface area contributed by atoms with Gasteiger partial charge >= 0.3 is 6.01 Å². The van der Waals surface area contributed by atoms with E-state index in [2.05, 4.69) is 32.1 Å². The Bertz CT molecular complexity index is 1250. The van der Waals surface area contributed by atoms with Crippen LogP contribution in [0.1, 0.15) is 30.4 Å². The van der Waals surface area contributed by atoms with Crippen LogP contribution in [-0.2, 0) is 4.74 Å². The highest BCUT2D eigenvalue weighted by Gasteiger charge is 2.38. The molecule has 0 amide bonds. The van der Waals surface area contributed by atoms with Crippen molar-refractivity contribution in [2.75, 3.05) is 51.4 Å². The standard InChI is InChI=1S/C25H31FN6O3/c1-15-6-16-9-27-32(23-8-22(28-24(29-23)34-3)31-13-25(2,33)14-31)21(16)7-19(15)18-4-5-30(10-20(18)26)17-11-35-12-17/h6-9,17-18,20,33H,4-5,10-14H2,1-3H3/t18-,20-/m0/s1. The number of rotatable bonds is 5. The summed E-state index contributed by atoms with van der Waals surface area (Å²) in [5.41, 5.74) is 2.24. The molecule has 2 atom stereocenters. The maximum Gasteiger partial charge on any atom is 0.320 e. The van der Waals surface area contributed by atoms with Crippen LogP contribution in [0.25, 0.3) is 16.7 Å². The molecule has 186 valence electrons. The highest BCUT2D eigenvalue weighted by Crippen LogP contribution is 2.36. The molecule has 0 aliphatic carbocycles. The first-order valence-corrected chi connectivity index (χ1v) is 12.2. The number of ether oxygens (including phenoxy) is 2. The van der Waals surface area contributed by atoms with Crippen molar-refractivity contribution >= 4 is 16.7 Å². The second-order valence-corrected chi connectivity index (χ2v) is 10.3. The zero-order chi connectivity index (χ0) is 24.3. The van der Waals surface area contributed by atoms with Crippen molar-refractivity contribution in [3.8, 4) is 11.8 Å².